The second kappa shape index (κ2) is 6.28. The van der Waals surface area contributed by atoms with Gasteiger partial charge in [0.25, 0.3) is 0 Å². The van der Waals surface area contributed by atoms with Crippen LogP contribution in [-0.4, -0.2) is 18.0 Å². The summed E-state index contributed by atoms with van der Waals surface area (Å²) in [5, 5.41) is 6.64. The fraction of sp³-hybridized carbons (Fsp3) is 0.500. The Balaban J connectivity index is 2.79. The summed E-state index contributed by atoms with van der Waals surface area (Å²) in [5.74, 6) is 0.834. The lowest BCUT2D eigenvalue weighted by Gasteiger charge is -2.16. The minimum atomic E-state index is 0.272. The molecule has 0 fully saturated rings. The van der Waals surface area contributed by atoms with Crippen molar-refractivity contribution in [3.05, 3.63) is 29.8 Å². The number of hydrogen-bond acceptors (Lipinski definition) is 1. The predicted octanol–water partition coefficient (Wildman–Crippen LogP) is 3.17. The number of aliphatic imine (C=N–C) groups is 1. The van der Waals surface area contributed by atoms with Crippen LogP contribution in [0, 0.1) is 6.92 Å². The van der Waals surface area contributed by atoms with E-state index in [0.717, 1.165) is 11.6 Å². The van der Waals surface area contributed by atoms with Gasteiger partial charge < -0.3 is 10.6 Å². The van der Waals surface area contributed by atoms with Crippen molar-refractivity contribution in [2.45, 2.75) is 46.7 Å². The van der Waals surface area contributed by atoms with Gasteiger partial charge in [-0.25, -0.2) is 0 Å². The van der Waals surface area contributed by atoms with E-state index in [1.165, 1.54) is 5.56 Å². The summed E-state index contributed by atoms with van der Waals surface area (Å²) in [6.07, 6.45) is 0. The van der Waals surface area contributed by atoms with E-state index in [0.29, 0.717) is 6.04 Å². The Morgan fingerprint density at radius 2 is 1.88 bits per heavy atom. The zero-order valence-electron chi connectivity index (χ0n) is 11.4. The van der Waals surface area contributed by atoms with Gasteiger partial charge in [-0.05, 0) is 52.3 Å². The molecule has 0 spiro atoms. The highest BCUT2D eigenvalue weighted by molar-refractivity contribution is 5.93. The number of nitrogens with zero attached hydrogens (tertiary/aromatic N) is 1. The zero-order valence-corrected chi connectivity index (χ0v) is 11.4. The van der Waals surface area contributed by atoms with Gasteiger partial charge in [-0.15, -0.1) is 0 Å². The number of aryl methyl sites for hydroxylation is 1. The van der Waals surface area contributed by atoms with Crippen molar-refractivity contribution in [1.82, 2.24) is 5.32 Å². The van der Waals surface area contributed by atoms with E-state index in [9.17, 15) is 0 Å². The van der Waals surface area contributed by atoms with Crippen LogP contribution in [0.5, 0.6) is 0 Å². The van der Waals surface area contributed by atoms with Crippen molar-refractivity contribution in [2.75, 3.05) is 5.32 Å². The summed E-state index contributed by atoms with van der Waals surface area (Å²) >= 11 is 0. The molecule has 2 N–H and O–H groups in total. The largest absolute Gasteiger partial charge is 0.354 e. The Hall–Kier alpha value is -1.51. The third kappa shape index (κ3) is 5.38. The monoisotopic (exact) mass is 233 g/mol. The molecule has 3 heteroatoms. The molecule has 0 atom stereocenters. The highest BCUT2D eigenvalue weighted by Gasteiger charge is 2.03. The molecule has 0 saturated heterocycles. The Labute approximate surface area is 104 Å². The summed E-state index contributed by atoms with van der Waals surface area (Å²) in [6, 6.07) is 8.92. The average molecular weight is 233 g/mol. The minimum Gasteiger partial charge on any atom is -0.354 e. The van der Waals surface area contributed by atoms with Crippen molar-refractivity contribution < 1.29 is 0 Å². The first-order valence-corrected chi connectivity index (χ1v) is 6.15. The number of guanidine groups is 1. The number of hydrogen-bond donors (Lipinski definition) is 2. The van der Waals surface area contributed by atoms with Crippen LogP contribution < -0.4 is 10.6 Å². The molecule has 0 saturated carbocycles. The van der Waals surface area contributed by atoms with Gasteiger partial charge in [0.2, 0.25) is 0 Å². The Kier molecular flexibility index (Phi) is 5.01. The molecule has 3 nitrogen and oxygen atoms in total. The third-order valence-electron chi connectivity index (χ3n) is 2.09. The molecule has 0 amide bonds. The fourth-order valence-electron chi connectivity index (χ4n) is 1.50. The van der Waals surface area contributed by atoms with Crippen LogP contribution in [-0.2, 0) is 0 Å². The van der Waals surface area contributed by atoms with Crippen molar-refractivity contribution in [2.24, 2.45) is 4.99 Å². The predicted molar refractivity (Wildman–Crippen MR) is 75.6 cm³/mol. The summed E-state index contributed by atoms with van der Waals surface area (Å²) in [7, 11) is 0. The smallest absolute Gasteiger partial charge is 0.196 e. The van der Waals surface area contributed by atoms with Crippen LogP contribution >= 0.6 is 0 Å². The standard InChI is InChI=1S/C14H23N3/c1-10(2)15-14(16-11(3)4)17-13-8-6-7-12(5)9-13/h6-11H,1-5H3,(H2,15,16,17). The maximum atomic E-state index is 4.54. The van der Waals surface area contributed by atoms with Gasteiger partial charge in [-0.2, -0.15) is 0 Å². The molecule has 0 radical (unpaired) electrons. The number of benzene rings is 1. The normalized spacial score (nSPS) is 12.1. The van der Waals surface area contributed by atoms with Crippen LogP contribution in [0.1, 0.15) is 33.3 Å². The molecule has 94 valence electrons. The van der Waals surface area contributed by atoms with Crippen LogP contribution in [0.3, 0.4) is 0 Å². The number of anilines is 1. The van der Waals surface area contributed by atoms with Crippen molar-refractivity contribution >= 4 is 11.6 Å². The second-order valence-corrected chi connectivity index (χ2v) is 4.86. The van der Waals surface area contributed by atoms with E-state index in [1.807, 2.05) is 12.1 Å². The molecule has 0 aromatic heterocycles. The molecule has 0 unspecified atom stereocenters. The van der Waals surface area contributed by atoms with Crippen molar-refractivity contribution in [1.29, 1.82) is 0 Å². The third-order valence-corrected chi connectivity index (χ3v) is 2.09. The van der Waals surface area contributed by atoms with Gasteiger partial charge in [0.05, 0.1) is 0 Å². The second-order valence-electron chi connectivity index (χ2n) is 4.86. The molecule has 1 rings (SSSR count). The van der Waals surface area contributed by atoms with E-state index in [4.69, 9.17) is 0 Å². The Morgan fingerprint density at radius 1 is 1.18 bits per heavy atom. The summed E-state index contributed by atoms with van der Waals surface area (Å²) in [6.45, 7) is 10.4. The first-order chi connectivity index (χ1) is 7.97. The van der Waals surface area contributed by atoms with Gasteiger partial charge in [0.1, 0.15) is 0 Å². The lowest BCUT2D eigenvalue weighted by Crippen LogP contribution is -2.36. The SMILES string of the molecule is Cc1cccc(NC(=NC(C)C)NC(C)C)c1. The van der Waals surface area contributed by atoms with Gasteiger partial charge in [0.15, 0.2) is 5.96 Å². The molecule has 0 aliphatic carbocycles. The molecule has 17 heavy (non-hydrogen) atoms. The highest BCUT2D eigenvalue weighted by atomic mass is 15.2. The Bertz CT molecular complexity index is 381. The molecule has 1 aromatic rings. The van der Waals surface area contributed by atoms with Gasteiger partial charge in [-0.3, -0.25) is 4.99 Å². The molecule has 0 aliphatic heterocycles. The van der Waals surface area contributed by atoms with Crippen LogP contribution in [0.25, 0.3) is 0 Å². The molecule has 0 heterocycles. The molecule has 0 aliphatic rings. The lowest BCUT2D eigenvalue weighted by molar-refractivity contribution is 0.717. The minimum absolute atomic E-state index is 0.272. The first kappa shape index (κ1) is 13.6. The molecular weight excluding hydrogens is 210 g/mol. The van der Waals surface area contributed by atoms with E-state index in [1.54, 1.807) is 0 Å². The van der Waals surface area contributed by atoms with Crippen molar-refractivity contribution in [3.8, 4) is 0 Å². The fourth-order valence-corrected chi connectivity index (χ4v) is 1.50. The summed E-state index contributed by atoms with van der Waals surface area (Å²) in [5.41, 5.74) is 2.31. The van der Waals surface area contributed by atoms with Gasteiger partial charge in [-0.1, -0.05) is 12.1 Å². The van der Waals surface area contributed by atoms with Crippen LogP contribution in [0.15, 0.2) is 29.3 Å². The molecule has 0 bridgehead atoms. The average Bonchev–Trinajstić information content (AvgIpc) is 2.14. The van der Waals surface area contributed by atoms with E-state index in [-0.39, 0.29) is 6.04 Å². The van der Waals surface area contributed by atoms with E-state index < -0.39 is 0 Å². The maximum Gasteiger partial charge on any atom is 0.196 e. The summed E-state index contributed by atoms with van der Waals surface area (Å²) in [4.78, 5) is 4.54. The molecular formula is C14H23N3. The first-order valence-electron chi connectivity index (χ1n) is 6.15. The van der Waals surface area contributed by atoms with Crippen LogP contribution in [0.2, 0.25) is 0 Å². The van der Waals surface area contributed by atoms with Crippen molar-refractivity contribution in [3.63, 3.8) is 0 Å². The number of nitrogens with one attached hydrogen (secondary N) is 2. The lowest BCUT2D eigenvalue weighted by atomic mass is 10.2. The topological polar surface area (TPSA) is 36.4 Å². The van der Waals surface area contributed by atoms with E-state index >= 15 is 0 Å². The Morgan fingerprint density at radius 3 is 2.41 bits per heavy atom. The quantitative estimate of drug-likeness (QED) is 0.621. The van der Waals surface area contributed by atoms with Gasteiger partial charge in [0, 0.05) is 17.8 Å². The summed E-state index contributed by atoms with van der Waals surface area (Å²) < 4.78 is 0. The van der Waals surface area contributed by atoms with Gasteiger partial charge >= 0.3 is 0 Å². The number of rotatable bonds is 3. The van der Waals surface area contributed by atoms with Crippen LogP contribution in [0.4, 0.5) is 5.69 Å². The zero-order chi connectivity index (χ0) is 12.8. The maximum absolute atomic E-state index is 4.54. The molecule has 1 aromatic carbocycles. The van der Waals surface area contributed by atoms with E-state index in [2.05, 4.69) is 62.4 Å². The highest BCUT2D eigenvalue weighted by Crippen LogP contribution is 2.09.